The van der Waals surface area contributed by atoms with Crippen LogP contribution in [0.25, 0.3) is 10.8 Å². The molecule has 0 aliphatic heterocycles. The Kier molecular flexibility index (Phi) is 9.07. The molecule has 0 saturated carbocycles. The molecule has 0 fully saturated rings. The van der Waals surface area contributed by atoms with Gasteiger partial charge in [-0.15, -0.1) is 0 Å². The van der Waals surface area contributed by atoms with Crippen LogP contribution in [-0.2, 0) is 27.2 Å². The molecular weight excluding hydrogens is 462 g/mol. The topological polar surface area (TPSA) is 170 Å². The number of hydrogen-bond acceptors (Lipinski definition) is 6. The van der Waals surface area contributed by atoms with Crippen LogP contribution < -0.4 is 22.1 Å². The average molecular weight is 492 g/mol. The zero-order valence-corrected chi connectivity index (χ0v) is 19.7. The van der Waals surface area contributed by atoms with Gasteiger partial charge in [-0.3, -0.25) is 24.5 Å². The highest BCUT2D eigenvalue weighted by Crippen LogP contribution is 2.20. The lowest BCUT2D eigenvalue weighted by molar-refractivity contribution is -0.384. The van der Waals surface area contributed by atoms with E-state index >= 15 is 0 Å². The molecule has 0 heterocycles. The Morgan fingerprint density at radius 1 is 0.944 bits per heavy atom. The summed E-state index contributed by atoms with van der Waals surface area (Å²) in [6.45, 7) is 0.305. The fourth-order valence-corrected chi connectivity index (χ4v) is 3.99. The van der Waals surface area contributed by atoms with Crippen LogP contribution in [0, 0.1) is 10.1 Å². The molecule has 0 aliphatic rings. The minimum Gasteiger partial charge on any atom is -0.368 e. The Balaban J connectivity index is 1.71. The van der Waals surface area contributed by atoms with Gasteiger partial charge >= 0.3 is 0 Å². The highest BCUT2D eigenvalue weighted by molar-refractivity contribution is 5.93. The van der Waals surface area contributed by atoms with Crippen LogP contribution in [0.5, 0.6) is 0 Å². The molecule has 3 rings (SSSR count). The number of non-ortho nitro benzene ring substituents is 1. The maximum absolute atomic E-state index is 13.1. The Labute approximate surface area is 208 Å². The van der Waals surface area contributed by atoms with Crippen molar-refractivity contribution < 1.29 is 19.3 Å². The Morgan fingerprint density at radius 2 is 1.67 bits per heavy atom. The molecule has 188 valence electrons. The summed E-state index contributed by atoms with van der Waals surface area (Å²) >= 11 is 0. The number of primary amides is 1. The van der Waals surface area contributed by atoms with Crippen LogP contribution >= 0.6 is 0 Å². The summed E-state index contributed by atoms with van der Waals surface area (Å²) < 4.78 is 0. The van der Waals surface area contributed by atoms with Gasteiger partial charge in [0, 0.05) is 18.6 Å². The summed E-state index contributed by atoms with van der Waals surface area (Å²) in [6.07, 6.45) is 0.750. The number of carbonyl (C=O) groups is 3. The van der Waals surface area contributed by atoms with Gasteiger partial charge in [0.25, 0.3) is 5.69 Å². The average Bonchev–Trinajstić information content (AvgIpc) is 2.86. The molecule has 6 N–H and O–H groups in total. The molecular formula is C26H29N5O5. The van der Waals surface area contributed by atoms with Gasteiger partial charge in [0.05, 0.1) is 11.3 Å². The van der Waals surface area contributed by atoms with E-state index in [1.165, 1.54) is 18.2 Å². The van der Waals surface area contributed by atoms with Crippen LogP contribution in [-0.4, -0.2) is 41.3 Å². The standard InChI is InChI=1S/C26H29N5O5/c27-13-5-12-22(29-24(32)15-17-6-3-10-20(14-17)31(35)36)26(34)30-23(25(28)33)16-19-9-4-8-18-7-1-2-11-21(18)19/h1-4,6-11,14,22-23H,5,12-13,15-16,27H2,(H2,28,33)(H,29,32)(H,30,34)/t22-,23-/m0/s1. The lowest BCUT2D eigenvalue weighted by Crippen LogP contribution is -2.53. The first-order valence-corrected chi connectivity index (χ1v) is 11.6. The summed E-state index contributed by atoms with van der Waals surface area (Å²) in [5.41, 5.74) is 12.4. The van der Waals surface area contributed by atoms with Crippen molar-refractivity contribution in [2.24, 2.45) is 11.5 Å². The molecule has 0 bridgehead atoms. The monoisotopic (exact) mass is 491 g/mol. The lowest BCUT2D eigenvalue weighted by atomic mass is 9.98. The van der Waals surface area contributed by atoms with Gasteiger partial charge in [-0.25, -0.2) is 0 Å². The number of nitrogens with zero attached hydrogens (tertiary/aromatic N) is 1. The number of nitro benzene ring substituents is 1. The van der Waals surface area contributed by atoms with Crippen LogP contribution in [0.4, 0.5) is 5.69 Å². The predicted molar refractivity (Wildman–Crippen MR) is 136 cm³/mol. The first-order chi connectivity index (χ1) is 17.3. The minimum atomic E-state index is -0.989. The minimum absolute atomic E-state index is 0.129. The molecule has 3 aromatic carbocycles. The number of nitro groups is 1. The molecule has 0 saturated heterocycles. The predicted octanol–water partition coefficient (Wildman–Crippen LogP) is 1.73. The number of benzene rings is 3. The second-order valence-corrected chi connectivity index (χ2v) is 8.46. The van der Waals surface area contributed by atoms with E-state index in [0.29, 0.717) is 18.5 Å². The number of fused-ring (bicyclic) bond motifs is 1. The number of rotatable bonds is 12. The second kappa shape index (κ2) is 12.4. The quantitative estimate of drug-likeness (QED) is 0.222. The maximum Gasteiger partial charge on any atom is 0.269 e. The number of amides is 3. The number of nitrogens with one attached hydrogen (secondary N) is 2. The largest absolute Gasteiger partial charge is 0.368 e. The van der Waals surface area contributed by atoms with E-state index in [1.54, 1.807) is 6.07 Å². The fraction of sp³-hybridized carbons (Fsp3) is 0.269. The summed E-state index contributed by atoms with van der Waals surface area (Å²) in [4.78, 5) is 48.4. The van der Waals surface area contributed by atoms with Gasteiger partial charge in [0.15, 0.2) is 0 Å². The van der Waals surface area contributed by atoms with Crippen molar-refractivity contribution in [3.8, 4) is 0 Å². The highest BCUT2D eigenvalue weighted by atomic mass is 16.6. The molecule has 0 radical (unpaired) electrons. The van der Waals surface area contributed by atoms with E-state index < -0.39 is 34.7 Å². The van der Waals surface area contributed by atoms with Crippen molar-refractivity contribution >= 4 is 34.2 Å². The molecule has 0 spiro atoms. The smallest absolute Gasteiger partial charge is 0.269 e. The van der Waals surface area contributed by atoms with Crippen molar-refractivity contribution in [3.63, 3.8) is 0 Å². The Hall–Kier alpha value is -4.31. The summed E-state index contributed by atoms with van der Waals surface area (Å²) in [5.74, 6) is -1.74. The van der Waals surface area contributed by atoms with E-state index in [9.17, 15) is 24.5 Å². The van der Waals surface area contributed by atoms with Gasteiger partial charge in [-0.05, 0) is 41.3 Å². The summed E-state index contributed by atoms with van der Waals surface area (Å²) in [5, 5.41) is 18.3. The first kappa shape index (κ1) is 26.3. The molecule has 36 heavy (non-hydrogen) atoms. The molecule has 2 atom stereocenters. The third-order valence-electron chi connectivity index (χ3n) is 5.80. The zero-order valence-electron chi connectivity index (χ0n) is 19.7. The van der Waals surface area contributed by atoms with Gasteiger partial charge in [0.2, 0.25) is 17.7 Å². The Bertz CT molecular complexity index is 1260. The normalized spacial score (nSPS) is 12.5. The van der Waals surface area contributed by atoms with E-state index in [1.807, 2.05) is 42.5 Å². The van der Waals surface area contributed by atoms with Gasteiger partial charge in [-0.2, -0.15) is 0 Å². The number of hydrogen-bond donors (Lipinski definition) is 4. The lowest BCUT2D eigenvalue weighted by Gasteiger charge is -2.22. The van der Waals surface area contributed by atoms with Crippen molar-refractivity contribution in [1.29, 1.82) is 0 Å². The van der Waals surface area contributed by atoms with Crippen molar-refractivity contribution in [3.05, 3.63) is 88.0 Å². The van der Waals surface area contributed by atoms with Crippen LogP contribution in [0.15, 0.2) is 66.7 Å². The zero-order chi connectivity index (χ0) is 26.1. The molecule has 0 aromatic heterocycles. The molecule has 3 aromatic rings. The van der Waals surface area contributed by atoms with Crippen molar-refractivity contribution in [2.45, 2.75) is 37.8 Å². The molecule has 3 amide bonds. The van der Waals surface area contributed by atoms with Gasteiger partial charge in [0.1, 0.15) is 12.1 Å². The van der Waals surface area contributed by atoms with Crippen LogP contribution in [0.3, 0.4) is 0 Å². The van der Waals surface area contributed by atoms with Crippen molar-refractivity contribution in [1.82, 2.24) is 10.6 Å². The van der Waals surface area contributed by atoms with Crippen molar-refractivity contribution in [2.75, 3.05) is 6.54 Å². The van der Waals surface area contributed by atoms with E-state index in [0.717, 1.165) is 16.3 Å². The third-order valence-corrected chi connectivity index (χ3v) is 5.80. The molecule has 10 nitrogen and oxygen atoms in total. The maximum atomic E-state index is 13.1. The van der Waals surface area contributed by atoms with Gasteiger partial charge < -0.3 is 22.1 Å². The number of carbonyl (C=O) groups excluding carboxylic acids is 3. The number of nitrogens with two attached hydrogens (primary N) is 2. The SMILES string of the molecule is NCCC[C@H](NC(=O)Cc1cccc([N+](=O)[O-])c1)C(=O)N[C@@H](Cc1cccc2ccccc12)C(N)=O. The van der Waals surface area contributed by atoms with E-state index in [2.05, 4.69) is 10.6 Å². The van der Waals surface area contributed by atoms with Crippen LogP contribution in [0.1, 0.15) is 24.0 Å². The van der Waals surface area contributed by atoms with E-state index in [4.69, 9.17) is 11.5 Å². The van der Waals surface area contributed by atoms with Crippen LogP contribution in [0.2, 0.25) is 0 Å². The Morgan fingerprint density at radius 3 is 2.39 bits per heavy atom. The van der Waals surface area contributed by atoms with Gasteiger partial charge in [-0.1, -0.05) is 54.6 Å². The summed E-state index contributed by atoms with van der Waals surface area (Å²) in [7, 11) is 0. The third kappa shape index (κ3) is 7.09. The second-order valence-electron chi connectivity index (χ2n) is 8.46. The fourth-order valence-electron chi connectivity index (χ4n) is 3.99. The van der Waals surface area contributed by atoms with E-state index in [-0.39, 0.29) is 24.9 Å². The molecule has 10 heteroatoms. The molecule has 0 aliphatic carbocycles. The summed E-state index contributed by atoms with van der Waals surface area (Å²) in [6, 6.07) is 17.2. The molecule has 0 unspecified atom stereocenters. The first-order valence-electron chi connectivity index (χ1n) is 11.6. The highest BCUT2D eigenvalue weighted by Gasteiger charge is 2.26.